The molecule has 0 radical (unpaired) electrons. The number of Topliss-reactive ketones (excluding diaryl/α,β-unsaturated/α-hetero) is 1. The molecule has 1 aliphatic heterocycles. The fraction of sp³-hybridized carbons (Fsp3) is 0.381. The summed E-state index contributed by atoms with van der Waals surface area (Å²) in [5.74, 6) is -2.24. The van der Waals surface area contributed by atoms with Crippen molar-refractivity contribution >= 4 is 34.8 Å². The van der Waals surface area contributed by atoms with Gasteiger partial charge in [-0.25, -0.2) is 4.79 Å². The Bertz CT molecular complexity index is 1020. The number of methoxy groups -OCH3 is 1. The van der Waals surface area contributed by atoms with Gasteiger partial charge in [0.15, 0.2) is 0 Å². The summed E-state index contributed by atoms with van der Waals surface area (Å²) in [6.45, 7) is 4.27. The van der Waals surface area contributed by atoms with Crippen LogP contribution in [0.25, 0.3) is 5.76 Å². The molecule has 1 amide bonds. The van der Waals surface area contributed by atoms with Gasteiger partial charge >= 0.3 is 5.97 Å². The standard InChI is InChI=1S/C21H25N3O5S/c1-11-14(12(2)22-16(11)21(28)29-5)18(25)15-17(13-7-6-10-30-13)24(9-8-23(3)4)20(27)19(15)26/h6-7,10,17,22,25H,8-9H2,1-5H3/t17-/m1/s1. The number of aliphatic hydroxyl groups is 1. The number of amides is 1. The minimum atomic E-state index is -0.732. The summed E-state index contributed by atoms with van der Waals surface area (Å²) in [5.41, 5.74) is 1.53. The molecule has 2 aromatic heterocycles. The molecule has 2 N–H and O–H groups in total. The summed E-state index contributed by atoms with van der Waals surface area (Å²) in [7, 11) is 5.04. The van der Waals surface area contributed by atoms with Crippen LogP contribution in [0.15, 0.2) is 23.1 Å². The van der Waals surface area contributed by atoms with Crippen LogP contribution in [0.5, 0.6) is 0 Å². The summed E-state index contributed by atoms with van der Waals surface area (Å²) >= 11 is 1.41. The average molecular weight is 432 g/mol. The molecule has 30 heavy (non-hydrogen) atoms. The molecule has 3 heterocycles. The van der Waals surface area contributed by atoms with E-state index in [0.29, 0.717) is 29.9 Å². The van der Waals surface area contributed by atoms with E-state index in [-0.39, 0.29) is 17.0 Å². The predicted molar refractivity (Wildman–Crippen MR) is 113 cm³/mol. The number of ketones is 1. The SMILES string of the molecule is COC(=O)c1[nH]c(C)c(C(O)=C2C(=O)C(=O)N(CCN(C)C)[C@@H]2c2cccs2)c1C. The number of nitrogens with zero attached hydrogens (tertiary/aromatic N) is 2. The first kappa shape index (κ1) is 21.8. The second-order valence-corrected chi connectivity index (χ2v) is 8.41. The Morgan fingerprint density at radius 1 is 1.33 bits per heavy atom. The number of esters is 1. The Labute approximate surface area is 178 Å². The highest BCUT2D eigenvalue weighted by molar-refractivity contribution is 7.10. The number of hydrogen-bond acceptors (Lipinski definition) is 7. The van der Waals surface area contributed by atoms with E-state index >= 15 is 0 Å². The number of likely N-dealkylation sites (N-methyl/N-ethyl adjacent to an activating group) is 1. The smallest absolute Gasteiger partial charge is 0.354 e. The van der Waals surface area contributed by atoms with Gasteiger partial charge in [-0.1, -0.05) is 6.07 Å². The highest BCUT2D eigenvalue weighted by atomic mass is 32.1. The van der Waals surface area contributed by atoms with Crippen molar-refractivity contribution in [1.29, 1.82) is 0 Å². The van der Waals surface area contributed by atoms with E-state index < -0.39 is 23.7 Å². The van der Waals surface area contributed by atoms with Crippen LogP contribution >= 0.6 is 11.3 Å². The third-order valence-electron chi connectivity index (χ3n) is 5.20. The normalized spacial score (nSPS) is 18.5. The second kappa shape index (κ2) is 8.45. The summed E-state index contributed by atoms with van der Waals surface area (Å²) in [6.07, 6.45) is 0. The van der Waals surface area contributed by atoms with Crippen molar-refractivity contribution in [3.63, 3.8) is 0 Å². The van der Waals surface area contributed by atoms with Crippen molar-refractivity contribution in [1.82, 2.24) is 14.8 Å². The lowest BCUT2D eigenvalue weighted by Crippen LogP contribution is -2.35. The van der Waals surface area contributed by atoms with Crippen molar-refractivity contribution in [2.75, 3.05) is 34.3 Å². The number of carbonyl (C=O) groups is 3. The van der Waals surface area contributed by atoms with Crippen LogP contribution in [0.4, 0.5) is 0 Å². The zero-order valence-corrected chi connectivity index (χ0v) is 18.4. The number of ether oxygens (including phenoxy) is 1. The number of rotatable bonds is 6. The van der Waals surface area contributed by atoms with E-state index in [1.807, 2.05) is 36.5 Å². The van der Waals surface area contributed by atoms with E-state index in [0.717, 1.165) is 4.88 Å². The molecule has 1 atom stereocenters. The minimum Gasteiger partial charge on any atom is -0.507 e. The monoisotopic (exact) mass is 431 g/mol. The van der Waals surface area contributed by atoms with Gasteiger partial charge in [0, 0.05) is 29.2 Å². The average Bonchev–Trinajstić information content (AvgIpc) is 3.38. The largest absolute Gasteiger partial charge is 0.507 e. The molecule has 0 bridgehead atoms. The first-order valence-electron chi connectivity index (χ1n) is 9.43. The number of H-pyrrole nitrogens is 1. The van der Waals surface area contributed by atoms with E-state index in [2.05, 4.69) is 4.98 Å². The van der Waals surface area contributed by atoms with Gasteiger partial charge in [0.05, 0.1) is 18.7 Å². The highest BCUT2D eigenvalue weighted by Crippen LogP contribution is 2.42. The number of likely N-dealkylation sites (tertiary alicyclic amines) is 1. The Morgan fingerprint density at radius 3 is 2.60 bits per heavy atom. The fourth-order valence-electron chi connectivity index (χ4n) is 3.71. The second-order valence-electron chi connectivity index (χ2n) is 7.43. The number of thiophene rings is 1. The van der Waals surface area contributed by atoms with Crippen molar-refractivity contribution < 1.29 is 24.2 Å². The quantitative estimate of drug-likeness (QED) is 0.315. The first-order chi connectivity index (χ1) is 14.2. The molecule has 8 nitrogen and oxygen atoms in total. The molecular weight excluding hydrogens is 406 g/mol. The van der Waals surface area contributed by atoms with Gasteiger partial charge in [0.1, 0.15) is 11.5 Å². The van der Waals surface area contributed by atoms with Gasteiger partial charge < -0.3 is 24.6 Å². The van der Waals surface area contributed by atoms with Crippen molar-refractivity contribution in [2.45, 2.75) is 19.9 Å². The molecule has 160 valence electrons. The number of nitrogens with one attached hydrogen (secondary N) is 1. The first-order valence-corrected chi connectivity index (χ1v) is 10.3. The lowest BCUT2D eigenvalue weighted by Gasteiger charge is -2.25. The number of aromatic nitrogens is 1. The van der Waals surface area contributed by atoms with Gasteiger partial charge in [0.2, 0.25) is 0 Å². The Hall–Kier alpha value is -2.91. The predicted octanol–water partition coefficient (Wildman–Crippen LogP) is 2.46. The lowest BCUT2D eigenvalue weighted by molar-refractivity contribution is -0.140. The number of aryl methyl sites for hydroxylation is 1. The van der Waals surface area contributed by atoms with Gasteiger partial charge in [-0.15, -0.1) is 11.3 Å². The molecule has 1 aliphatic rings. The molecule has 0 unspecified atom stereocenters. The Kier molecular flexibility index (Phi) is 6.14. The maximum absolute atomic E-state index is 13.0. The van der Waals surface area contributed by atoms with Crippen LogP contribution in [0.2, 0.25) is 0 Å². The zero-order chi connectivity index (χ0) is 22.2. The minimum absolute atomic E-state index is 0.0304. The summed E-state index contributed by atoms with van der Waals surface area (Å²) in [5, 5.41) is 13.1. The van der Waals surface area contributed by atoms with Crippen LogP contribution in [0.1, 0.15) is 38.2 Å². The molecule has 0 saturated carbocycles. The Morgan fingerprint density at radius 2 is 2.03 bits per heavy atom. The fourth-order valence-corrected chi connectivity index (χ4v) is 4.55. The Balaban J connectivity index is 2.18. The number of aliphatic hydroxyl groups excluding tert-OH is 1. The maximum Gasteiger partial charge on any atom is 0.354 e. The molecule has 0 aliphatic carbocycles. The molecule has 1 saturated heterocycles. The van der Waals surface area contributed by atoms with Crippen LogP contribution in [0.3, 0.4) is 0 Å². The third kappa shape index (κ3) is 3.66. The van der Waals surface area contributed by atoms with E-state index in [1.54, 1.807) is 13.8 Å². The van der Waals surface area contributed by atoms with Gasteiger partial charge in [-0.2, -0.15) is 0 Å². The highest BCUT2D eigenvalue weighted by Gasteiger charge is 2.46. The van der Waals surface area contributed by atoms with Crippen LogP contribution in [-0.2, 0) is 14.3 Å². The van der Waals surface area contributed by atoms with E-state index in [9.17, 15) is 19.5 Å². The molecular formula is C21H25N3O5S. The number of carbonyl (C=O) groups excluding carboxylic acids is 3. The molecule has 3 rings (SSSR count). The van der Waals surface area contributed by atoms with Gasteiger partial charge in [0.25, 0.3) is 11.7 Å². The number of aromatic amines is 1. The topological polar surface area (TPSA) is 103 Å². The molecule has 1 fully saturated rings. The van der Waals surface area contributed by atoms with Crippen LogP contribution in [0, 0.1) is 13.8 Å². The summed E-state index contributed by atoms with van der Waals surface area (Å²) in [4.78, 5) is 45.0. The van der Waals surface area contributed by atoms with Crippen LogP contribution in [-0.4, -0.2) is 71.8 Å². The summed E-state index contributed by atoms with van der Waals surface area (Å²) in [6, 6.07) is 3.00. The van der Waals surface area contributed by atoms with Crippen molar-refractivity contribution in [3.05, 3.63) is 50.5 Å². The van der Waals surface area contributed by atoms with Gasteiger partial charge in [-0.3, -0.25) is 9.59 Å². The van der Waals surface area contributed by atoms with Crippen molar-refractivity contribution in [3.8, 4) is 0 Å². The molecule has 0 spiro atoms. The maximum atomic E-state index is 13.0. The number of hydrogen-bond donors (Lipinski definition) is 2. The third-order valence-corrected chi connectivity index (χ3v) is 6.13. The van der Waals surface area contributed by atoms with Gasteiger partial charge in [-0.05, 0) is 45.0 Å². The lowest BCUT2D eigenvalue weighted by atomic mass is 9.97. The molecule has 9 heteroatoms. The van der Waals surface area contributed by atoms with Crippen LogP contribution < -0.4 is 0 Å². The summed E-state index contributed by atoms with van der Waals surface area (Å²) < 4.78 is 4.78. The zero-order valence-electron chi connectivity index (χ0n) is 17.6. The van der Waals surface area contributed by atoms with E-state index in [1.165, 1.54) is 23.3 Å². The molecule has 0 aromatic carbocycles. The van der Waals surface area contributed by atoms with E-state index in [4.69, 9.17) is 4.74 Å². The molecule has 2 aromatic rings. The van der Waals surface area contributed by atoms with Crippen molar-refractivity contribution in [2.24, 2.45) is 0 Å².